The first-order valence-corrected chi connectivity index (χ1v) is 10.6. The van der Waals surface area contributed by atoms with E-state index >= 15 is 0 Å². The van der Waals surface area contributed by atoms with Crippen LogP contribution in [-0.2, 0) is 12.1 Å². The zero-order chi connectivity index (χ0) is 20.5. The number of rotatable bonds is 7. The van der Waals surface area contributed by atoms with E-state index in [4.69, 9.17) is 4.99 Å². The molecule has 1 unspecified atom stereocenters. The topological polar surface area (TPSA) is 72.8 Å². The van der Waals surface area contributed by atoms with E-state index in [2.05, 4.69) is 26.6 Å². The molecule has 0 spiro atoms. The predicted molar refractivity (Wildman–Crippen MR) is 119 cm³/mol. The quantitative estimate of drug-likeness (QED) is 0.496. The van der Waals surface area contributed by atoms with Crippen LogP contribution in [0, 0.1) is 0 Å². The minimum absolute atomic E-state index is 0.373. The second kappa shape index (κ2) is 10.3. The molecule has 0 aliphatic carbocycles. The number of piperidine rings is 1. The molecule has 1 fully saturated rings. The van der Waals surface area contributed by atoms with Crippen LogP contribution in [0.2, 0.25) is 0 Å². The minimum Gasteiger partial charge on any atom is -0.384 e. The number of hydrogen-bond acceptors (Lipinski definition) is 4. The van der Waals surface area contributed by atoms with Crippen LogP contribution in [0.4, 0.5) is 5.82 Å². The van der Waals surface area contributed by atoms with Gasteiger partial charge in [0.25, 0.3) is 0 Å². The summed E-state index contributed by atoms with van der Waals surface area (Å²) in [6, 6.07) is 13.8. The number of nitrogens with one attached hydrogen (secondary N) is 2. The van der Waals surface area contributed by atoms with Crippen LogP contribution < -0.4 is 15.5 Å². The van der Waals surface area contributed by atoms with Crippen LogP contribution in [0.1, 0.15) is 44.2 Å². The lowest BCUT2D eigenvalue weighted by molar-refractivity contribution is 0.0617. The summed E-state index contributed by atoms with van der Waals surface area (Å²) < 4.78 is 0. The molecule has 6 heteroatoms. The summed E-state index contributed by atoms with van der Waals surface area (Å²) in [6.45, 7) is 7.70. The van der Waals surface area contributed by atoms with Crippen LogP contribution in [0.15, 0.2) is 53.7 Å². The van der Waals surface area contributed by atoms with Crippen molar-refractivity contribution in [2.24, 2.45) is 4.99 Å². The van der Waals surface area contributed by atoms with E-state index in [1.807, 2.05) is 56.4 Å². The van der Waals surface area contributed by atoms with E-state index in [-0.39, 0.29) is 0 Å². The third-order valence-electron chi connectivity index (χ3n) is 5.25. The summed E-state index contributed by atoms with van der Waals surface area (Å²) in [6.07, 6.45) is 5.65. The van der Waals surface area contributed by atoms with Crippen molar-refractivity contribution in [3.05, 3.63) is 59.8 Å². The number of nitrogens with zero attached hydrogens (tertiary/aromatic N) is 3. The molecule has 1 atom stereocenters. The van der Waals surface area contributed by atoms with Crippen molar-refractivity contribution in [1.29, 1.82) is 0 Å². The molecule has 156 valence electrons. The van der Waals surface area contributed by atoms with Gasteiger partial charge in [-0.3, -0.25) is 0 Å². The predicted octanol–water partition coefficient (Wildman–Crippen LogP) is 3.03. The van der Waals surface area contributed by atoms with E-state index in [1.54, 1.807) is 0 Å². The van der Waals surface area contributed by atoms with Crippen molar-refractivity contribution in [3.63, 3.8) is 0 Å². The largest absolute Gasteiger partial charge is 0.384 e. The first kappa shape index (κ1) is 21.1. The smallest absolute Gasteiger partial charge is 0.191 e. The molecule has 1 aliphatic rings. The molecule has 2 aromatic rings. The van der Waals surface area contributed by atoms with Crippen molar-refractivity contribution in [1.82, 2.24) is 15.6 Å². The summed E-state index contributed by atoms with van der Waals surface area (Å²) >= 11 is 0. The first-order valence-electron chi connectivity index (χ1n) is 10.6. The van der Waals surface area contributed by atoms with Gasteiger partial charge in [-0.15, -0.1) is 0 Å². The van der Waals surface area contributed by atoms with Gasteiger partial charge < -0.3 is 20.6 Å². The maximum Gasteiger partial charge on any atom is 0.191 e. The SMILES string of the molecule is CCNC(=NCc1ccnc(N2CCCCC2)c1)NCC(C)(O)c1ccccc1. The molecule has 1 aromatic carbocycles. The van der Waals surface area contributed by atoms with Gasteiger partial charge in [0.15, 0.2) is 5.96 Å². The maximum atomic E-state index is 10.8. The van der Waals surface area contributed by atoms with Crippen molar-refractivity contribution in [2.75, 3.05) is 31.1 Å². The Labute approximate surface area is 174 Å². The number of pyridine rings is 1. The number of guanidine groups is 1. The van der Waals surface area contributed by atoms with Crippen molar-refractivity contribution < 1.29 is 5.11 Å². The normalized spacial score (nSPS) is 16.9. The average Bonchev–Trinajstić information content (AvgIpc) is 2.77. The van der Waals surface area contributed by atoms with Gasteiger partial charge in [0, 0.05) is 25.8 Å². The molecule has 1 aromatic heterocycles. The Hall–Kier alpha value is -2.60. The molecule has 2 heterocycles. The lowest BCUT2D eigenvalue weighted by Crippen LogP contribution is -2.44. The molecular weight excluding hydrogens is 362 g/mol. The highest BCUT2D eigenvalue weighted by Crippen LogP contribution is 2.20. The molecule has 29 heavy (non-hydrogen) atoms. The molecule has 0 amide bonds. The molecule has 1 saturated heterocycles. The van der Waals surface area contributed by atoms with Crippen LogP contribution >= 0.6 is 0 Å². The second-order valence-electron chi connectivity index (χ2n) is 7.76. The summed E-state index contributed by atoms with van der Waals surface area (Å²) in [7, 11) is 0. The molecular formula is C23H33N5O. The van der Waals surface area contributed by atoms with Gasteiger partial charge in [0.05, 0.1) is 13.1 Å². The van der Waals surface area contributed by atoms with E-state index in [0.29, 0.717) is 19.0 Å². The summed E-state index contributed by atoms with van der Waals surface area (Å²) in [5, 5.41) is 17.3. The van der Waals surface area contributed by atoms with Gasteiger partial charge in [-0.1, -0.05) is 30.3 Å². The average molecular weight is 396 g/mol. The van der Waals surface area contributed by atoms with Crippen molar-refractivity contribution in [2.45, 2.75) is 45.3 Å². The standard InChI is InChI=1S/C23H33N5O/c1-3-24-22(27-18-23(2,29)20-10-6-4-7-11-20)26-17-19-12-13-25-21(16-19)28-14-8-5-9-15-28/h4,6-7,10-13,16,29H,3,5,8-9,14-15,17-18H2,1-2H3,(H2,24,26,27). The molecule has 3 N–H and O–H groups in total. The van der Waals surface area contributed by atoms with Crippen LogP contribution in [-0.4, -0.2) is 42.2 Å². The number of aliphatic hydroxyl groups is 1. The van der Waals surface area contributed by atoms with E-state index in [9.17, 15) is 5.11 Å². The van der Waals surface area contributed by atoms with E-state index < -0.39 is 5.60 Å². The highest BCUT2D eigenvalue weighted by molar-refractivity contribution is 5.79. The second-order valence-corrected chi connectivity index (χ2v) is 7.76. The molecule has 3 rings (SSSR count). The Morgan fingerprint density at radius 3 is 2.62 bits per heavy atom. The number of aromatic nitrogens is 1. The monoisotopic (exact) mass is 395 g/mol. The first-order chi connectivity index (χ1) is 14.1. The van der Waals surface area contributed by atoms with Crippen molar-refractivity contribution >= 4 is 11.8 Å². The number of hydrogen-bond donors (Lipinski definition) is 3. The third-order valence-corrected chi connectivity index (χ3v) is 5.25. The number of benzene rings is 1. The maximum absolute atomic E-state index is 10.8. The van der Waals surface area contributed by atoms with Crippen LogP contribution in [0.3, 0.4) is 0 Å². The van der Waals surface area contributed by atoms with Gasteiger partial charge in [-0.2, -0.15) is 0 Å². The fourth-order valence-corrected chi connectivity index (χ4v) is 3.52. The Morgan fingerprint density at radius 1 is 1.14 bits per heavy atom. The Morgan fingerprint density at radius 2 is 1.90 bits per heavy atom. The summed E-state index contributed by atoms with van der Waals surface area (Å²) in [5.74, 6) is 1.74. The van der Waals surface area contributed by atoms with Crippen molar-refractivity contribution in [3.8, 4) is 0 Å². The number of anilines is 1. The van der Waals surface area contributed by atoms with Gasteiger partial charge in [0.2, 0.25) is 0 Å². The van der Waals surface area contributed by atoms with Gasteiger partial charge in [-0.05, 0) is 56.4 Å². The molecule has 1 aliphatic heterocycles. The van der Waals surface area contributed by atoms with Gasteiger partial charge >= 0.3 is 0 Å². The lowest BCUT2D eigenvalue weighted by atomic mass is 9.96. The van der Waals surface area contributed by atoms with Gasteiger partial charge in [-0.25, -0.2) is 9.98 Å². The molecule has 0 saturated carbocycles. The fourth-order valence-electron chi connectivity index (χ4n) is 3.52. The van der Waals surface area contributed by atoms with E-state index in [0.717, 1.165) is 36.6 Å². The minimum atomic E-state index is -0.977. The molecule has 0 bridgehead atoms. The fraction of sp³-hybridized carbons (Fsp3) is 0.478. The Kier molecular flexibility index (Phi) is 7.47. The Balaban J connectivity index is 1.63. The zero-order valence-corrected chi connectivity index (χ0v) is 17.6. The Bertz CT molecular complexity index is 785. The van der Waals surface area contributed by atoms with Crippen LogP contribution in [0.25, 0.3) is 0 Å². The zero-order valence-electron chi connectivity index (χ0n) is 17.6. The molecule has 0 radical (unpaired) electrons. The summed E-state index contributed by atoms with van der Waals surface area (Å²) in [4.78, 5) is 11.6. The van der Waals surface area contributed by atoms with Crippen LogP contribution in [0.5, 0.6) is 0 Å². The number of aliphatic imine (C=N–C) groups is 1. The van der Waals surface area contributed by atoms with Gasteiger partial charge in [0.1, 0.15) is 11.4 Å². The highest BCUT2D eigenvalue weighted by atomic mass is 16.3. The third kappa shape index (κ3) is 6.19. The molecule has 6 nitrogen and oxygen atoms in total. The lowest BCUT2D eigenvalue weighted by Gasteiger charge is -2.27. The van der Waals surface area contributed by atoms with E-state index in [1.165, 1.54) is 19.3 Å². The highest BCUT2D eigenvalue weighted by Gasteiger charge is 2.23. The summed E-state index contributed by atoms with van der Waals surface area (Å²) in [5.41, 5.74) is 1.03.